The molecule has 1 N–H and O–H groups in total. The molecule has 94 valence electrons. The van der Waals surface area contributed by atoms with Crippen LogP contribution in [0.4, 0.5) is 0 Å². The van der Waals surface area contributed by atoms with E-state index >= 15 is 0 Å². The van der Waals surface area contributed by atoms with Crippen molar-refractivity contribution in [3.63, 3.8) is 0 Å². The second kappa shape index (κ2) is 4.80. The Hall–Kier alpha value is -0.840. The second-order valence-electron chi connectivity index (χ2n) is 5.16. The summed E-state index contributed by atoms with van der Waals surface area (Å²) in [6, 6.07) is 2.59. The highest BCUT2D eigenvalue weighted by atomic mass is 16.3. The standard InChI is InChI=1S/C13H21N3O/c1-15-6-8-16(9-7-15)14-12-3-2-4-13-11(12)5-10-17-13/h5,10,12,14H,2-4,6-9H2,1H3. The van der Waals surface area contributed by atoms with Gasteiger partial charge in [-0.15, -0.1) is 0 Å². The molecule has 1 aliphatic heterocycles. The molecule has 0 aromatic carbocycles. The summed E-state index contributed by atoms with van der Waals surface area (Å²) in [5.74, 6) is 1.18. The van der Waals surface area contributed by atoms with E-state index in [2.05, 4.69) is 28.4 Å². The third kappa shape index (κ3) is 2.39. The molecule has 4 nitrogen and oxygen atoms in total. The van der Waals surface area contributed by atoms with Gasteiger partial charge in [0.2, 0.25) is 0 Å². The van der Waals surface area contributed by atoms with E-state index in [9.17, 15) is 0 Å². The molecule has 1 atom stereocenters. The minimum absolute atomic E-state index is 0.459. The molecule has 1 aromatic rings. The molecule has 17 heavy (non-hydrogen) atoms. The maximum Gasteiger partial charge on any atom is 0.108 e. The number of aryl methyl sites for hydroxylation is 1. The Kier molecular flexibility index (Phi) is 3.18. The molecule has 2 heterocycles. The summed E-state index contributed by atoms with van der Waals surface area (Å²) in [5, 5.41) is 2.37. The molecule has 1 aromatic heterocycles. The zero-order valence-electron chi connectivity index (χ0n) is 10.5. The fraction of sp³-hybridized carbons (Fsp3) is 0.692. The quantitative estimate of drug-likeness (QED) is 0.840. The van der Waals surface area contributed by atoms with Gasteiger partial charge in [0.1, 0.15) is 5.76 Å². The fourth-order valence-corrected chi connectivity index (χ4v) is 2.78. The lowest BCUT2D eigenvalue weighted by Crippen LogP contribution is -2.51. The molecule has 1 saturated heterocycles. The fourth-order valence-electron chi connectivity index (χ4n) is 2.78. The Morgan fingerprint density at radius 2 is 2.12 bits per heavy atom. The highest BCUT2D eigenvalue weighted by Gasteiger charge is 2.25. The molecule has 0 spiro atoms. The lowest BCUT2D eigenvalue weighted by atomic mass is 9.94. The van der Waals surface area contributed by atoms with E-state index in [1.807, 2.05) is 6.26 Å². The number of fused-ring (bicyclic) bond motifs is 1. The number of hydrogen-bond donors (Lipinski definition) is 1. The zero-order chi connectivity index (χ0) is 11.7. The molecule has 1 aliphatic carbocycles. The third-order valence-electron chi connectivity index (χ3n) is 3.89. The summed E-state index contributed by atoms with van der Waals surface area (Å²) in [6.07, 6.45) is 5.38. The Morgan fingerprint density at radius 3 is 2.94 bits per heavy atom. The van der Waals surface area contributed by atoms with Gasteiger partial charge in [-0.1, -0.05) is 0 Å². The van der Waals surface area contributed by atoms with E-state index in [1.165, 1.54) is 24.2 Å². The van der Waals surface area contributed by atoms with Crippen molar-refractivity contribution >= 4 is 0 Å². The van der Waals surface area contributed by atoms with Crippen LogP contribution in [0.5, 0.6) is 0 Å². The van der Waals surface area contributed by atoms with Crippen molar-refractivity contribution in [1.82, 2.24) is 15.3 Å². The van der Waals surface area contributed by atoms with Crippen molar-refractivity contribution < 1.29 is 4.42 Å². The smallest absolute Gasteiger partial charge is 0.108 e. The molecule has 0 amide bonds. The molecular formula is C13H21N3O. The number of rotatable bonds is 2. The van der Waals surface area contributed by atoms with E-state index in [0.717, 1.165) is 32.6 Å². The van der Waals surface area contributed by atoms with E-state index in [0.29, 0.717) is 6.04 Å². The molecular weight excluding hydrogens is 214 g/mol. The minimum atomic E-state index is 0.459. The second-order valence-corrected chi connectivity index (χ2v) is 5.16. The van der Waals surface area contributed by atoms with Crippen LogP contribution in [-0.2, 0) is 6.42 Å². The number of likely N-dealkylation sites (N-methyl/N-ethyl adjacent to an activating group) is 1. The summed E-state index contributed by atoms with van der Waals surface area (Å²) in [6.45, 7) is 4.52. The number of piperazine rings is 1. The molecule has 1 unspecified atom stereocenters. The van der Waals surface area contributed by atoms with Crippen molar-refractivity contribution in [1.29, 1.82) is 0 Å². The van der Waals surface area contributed by atoms with Gasteiger partial charge in [-0.05, 0) is 26.0 Å². The van der Waals surface area contributed by atoms with Crippen LogP contribution in [0.15, 0.2) is 16.7 Å². The van der Waals surface area contributed by atoms with E-state index < -0.39 is 0 Å². The summed E-state index contributed by atoms with van der Waals surface area (Å²) < 4.78 is 5.53. The number of nitrogens with zero attached hydrogens (tertiary/aromatic N) is 2. The van der Waals surface area contributed by atoms with Gasteiger partial charge < -0.3 is 9.32 Å². The highest BCUT2D eigenvalue weighted by Crippen LogP contribution is 2.30. The number of hydrogen-bond acceptors (Lipinski definition) is 4. The van der Waals surface area contributed by atoms with Crippen molar-refractivity contribution in [2.45, 2.75) is 25.3 Å². The highest BCUT2D eigenvalue weighted by molar-refractivity contribution is 5.23. The van der Waals surface area contributed by atoms with Gasteiger partial charge in [-0.2, -0.15) is 0 Å². The van der Waals surface area contributed by atoms with Crippen LogP contribution in [0.25, 0.3) is 0 Å². The molecule has 3 rings (SSSR count). The lowest BCUT2D eigenvalue weighted by Gasteiger charge is -2.36. The van der Waals surface area contributed by atoms with Crippen LogP contribution in [0.3, 0.4) is 0 Å². The Morgan fingerprint density at radius 1 is 1.29 bits per heavy atom. The van der Waals surface area contributed by atoms with Crippen molar-refractivity contribution in [2.24, 2.45) is 0 Å². The van der Waals surface area contributed by atoms with Gasteiger partial charge in [-0.3, -0.25) is 0 Å². The van der Waals surface area contributed by atoms with Crippen LogP contribution in [0.2, 0.25) is 0 Å². The van der Waals surface area contributed by atoms with Gasteiger partial charge in [0.05, 0.1) is 6.26 Å². The van der Waals surface area contributed by atoms with Crippen molar-refractivity contribution in [2.75, 3.05) is 33.2 Å². The first-order chi connectivity index (χ1) is 8.33. The zero-order valence-corrected chi connectivity index (χ0v) is 10.5. The van der Waals surface area contributed by atoms with Crippen LogP contribution < -0.4 is 5.43 Å². The SMILES string of the molecule is CN1CCN(NC2CCCc3occc32)CC1. The van der Waals surface area contributed by atoms with Crippen LogP contribution in [0, 0.1) is 0 Å². The first-order valence-electron chi connectivity index (χ1n) is 6.59. The largest absolute Gasteiger partial charge is 0.469 e. The lowest BCUT2D eigenvalue weighted by molar-refractivity contribution is 0.0823. The van der Waals surface area contributed by atoms with Crippen LogP contribution >= 0.6 is 0 Å². The molecule has 1 fully saturated rings. The molecule has 2 aliphatic rings. The average Bonchev–Trinajstić information content (AvgIpc) is 2.81. The monoisotopic (exact) mass is 235 g/mol. The van der Waals surface area contributed by atoms with Gasteiger partial charge in [-0.25, -0.2) is 10.4 Å². The minimum Gasteiger partial charge on any atom is -0.469 e. The van der Waals surface area contributed by atoms with Gasteiger partial charge in [0.25, 0.3) is 0 Å². The van der Waals surface area contributed by atoms with E-state index in [4.69, 9.17) is 4.42 Å². The maximum absolute atomic E-state index is 5.53. The Bertz CT molecular complexity index is 368. The third-order valence-corrected chi connectivity index (χ3v) is 3.89. The average molecular weight is 235 g/mol. The molecule has 0 saturated carbocycles. The van der Waals surface area contributed by atoms with Gasteiger partial charge in [0.15, 0.2) is 0 Å². The van der Waals surface area contributed by atoms with Gasteiger partial charge >= 0.3 is 0 Å². The topological polar surface area (TPSA) is 31.6 Å². The van der Waals surface area contributed by atoms with Crippen molar-refractivity contribution in [3.05, 3.63) is 23.7 Å². The molecule has 0 radical (unpaired) electrons. The summed E-state index contributed by atoms with van der Waals surface area (Å²) in [4.78, 5) is 2.38. The first-order valence-corrected chi connectivity index (χ1v) is 6.59. The Balaban J connectivity index is 1.63. The maximum atomic E-state index is 5.53. The van der Waals surface area contributed by atoms with E-state index in [-0.39, 0.29) is 0 Å². The predicted octanol–water partition coefficient (Wildman–Crippen LogP) is 1.41. The van der Waals surface area contributed by atoms with Gasteiger partial charge in [0, 0.05) is 44.2 Å². The molecule has 4 heteroatoms. The molecule has 0 bridgehead atoms. The number of nitrogens with one attached hydrogen (secondary N) is 1. The summed E-state index contributed by atoms with van der Waals surface area (Å²) in [5.41, 5.74) is 5.04. The van der Waals surface area contributed by atoms with E-state index in [1.54, 1.807) is 0 Å². The summed E-state index contributed by atoms with van der Waals surface area (Å²) >= 11 is 0. The van der Waals surface area contributed by atoms with Crippen molar-refractivity contribution in [3.8, 4) is 0 Å². The number of hydrazine groups is 1. The van der Waals surface area contributed by atoms with Crippen LogP contribution in [-0.4, -0.2) is 43.1 Å². The van der Waals surface area contributed by atoms with Crippen LogP contribution in [0.1, 0.15) is 30.2 Å². The first kappa shape index (κ1) is 11.3. The number of furan rings is 1. The summed E-state index contributed by atoms with van der Waals surface area (Å²) in [7, 11) is 2.19. The normalized spacial score (nSPS) is 27.0. The Labute approximate surface area is 103 Å². The predicted molar refractivity (Wildman–Crippen MR) is 66.6 cm³/mol.